The van der Waals surface area contributed by atoms with Crippen LogP contribution in [0, 0.1) is 0 Å². The Morgan fingerprint density at radius 2 is 1.89 bits per heavy atom. The zero-order valence-corrected chi connectivity index (χ0v) is 11.7. The van der Waals surface area contributed by atoms with Gasteiger partial charge in [-0.15, -0.1) is 11.8 Å². The van der Waals surface area contributed by atoms with Gasteiger partial charge in [-0.2, -0.15) is 0 Å². The molecular weight excluding hydrogens is 246 g/mol. The normalized spacial score (nSPS) is 24.0. The van der Waals surface area contributed by atoms with Gasteiger partial charge in [0.2, 0.25) is 5.91 Å². The number of hydrogen-bond donors (Lipinski definition) is 0. The van der Waals surface area contributed by atoms with Crippen molar-refractivity contribution in [2.24, 2.45) is 0 Å². The summed E-state index contributed by atoms with van der Waals surface area (Å²) in [6, 6.07) is 10.0. The molecule has 0 radical (unpaired) electrons. The molecule has 0 aromatic heterocycles. The highest BCUT2D eigenvalue weighted by atomic mass is 32.2. The Labute approximate surface area is 113 Å². The van der Waals surface area contributed by atoms with E-state index in [0.29, 0.717) is 18.8 Å². The van der Waals surface area contributed by atoms with Gasteiger partial charge in [-0.05, 0) is 26.0 Å². The molecule has 1 aliphatic heterocycles. The molecule has 0 aliphatic carbocycles. The predicted molar refractivity (Wildman–Crippen MR) is 73.8 cm³/mol. The summed E-state index contributed by atoms with van der Waals surface area (Å²) in [6.07, 6.45) is 0.277. The van der Waals surface area contributed by atoms with Crippen LogP contribution in [0.15, 0.2) is 35.2 Å². The molecule has 1 fully saturated rings. The standard InChI is InChI=1S/C14H19NO2S/c1-11-8-15(9-12(2)17-11)14(16)10-18-13-6-4-3-5-7-13/h3-7,11-12H,8-10H2,1-2H3/t11-,12-/m0/s1. The van der Waals surface area contributed by atoms with E-state index in [0.717, 1.165) is 4.90 Å². The fourth-order valence-electron chi connectivity index (χ4n) is 2.13. The van der Waals surface area contributed by atoms with Crippen LogP contribution in [-0.2, 0) is 9.53 Å². The molecule has 3 nitrogen and oxygen atoms in total. The van der Waals surface area contributed by atoms with E-state index in [1.54, 1.807) is 11.8 Å². The Hall–Kier alpha value is -1.00. The monoisotopic (exact) mass is 265 g/mol. The van der Waals surface area contributed by atoms with Crippen LogP contribution >= 0.6 is 11.8 Å². The average Bonchev–Trinajstić information content (AvgIpc) is 2.36. The number of carbonyl (C=O) groups excluding carboxylic acids is 1. The van der Waals surface area contributed by atoms with Crippen LogP contribution in [0.1, 0.15) is 13.8 Å². The smallest absolute Gasteiger partial charge is 0.233 e. The quantitative estimate of drug-likeness (QED) is 0.786. The van der Waals surface area contributed by atoms with E-state index >= 15 is 0 Å². The Kier molecular flexibility index (Phi) is 4.66. The third-order valence-corrected chi connectivity index (χ3v) is 3.87. The maximum atomic E-state index is 12.1. The molecule has 2 atom stereocenters. The number of carbonyl (C=O) groups is 1. The van der Waals surface area contributed by atoms with E-state index in [1.807, 2.05) is 49.1 Å². The zero-order chi connectivity index (χ0) is 13.0. The molecule has 0 unspecified atom stereocenters. The molecular formula is C14H19NO2S. The Morgan fingerprint density at radius 1 is 1.28 bits per heavy atom. The summed E-state index contributed by atoms with van der Waals surface area (Å²) < 4.78 is 5.63. The second-order valence-corrected chi connectivity index (χ2v) is 5.71. The van der Waals surface area contributed by atoms with Crippen LogP contribution in [0.3, 0.4) is 0 Å². The number of hydrogen-bond acceptors (Lipinski definition) is 3. The Morgan fingerprint density at radius 3 is 2.50 bits per heavy atom. The van der Waals surface area contributed by atoms with Gasteiger partial charge in [0.1, 0.15) is 0 Å². The van der Waals surface area contributed by atoms with Gasteiger partial charge in [0, 0.05) is 18.0 Å². The van der Waals surface area contributed by atoms with Gasteiger partial charge in [-0.1, -0.05) is 18.2 Å². The number of amides is 1. The second kappa shape index (κ2) is 6.25. The van der Waals surface area contributed by atoms with Crippen molar-refractivity contribution in [2.45, 2.75) is 31.0 Å². The minimum atomic E-state index is 0.138. The van der Waals surface area contributed by atoms with Crippen molar-refractivity contribution in [3.8, 4) is 0 Å². The van der Waals surface area contributed by atoms with Crippen LogP contribution in [-0.4, -0.2) is 41.9 Å². The van der Waals surface area contributed by atoms with Crippen molar-refractivity contribution in [2.75, 3.05) is 18.8 Å². The summed E-state index contributed by atoms with van der Waals surface area (Å²) >= 11 is 1.59. The van der Waals surface area contributed by atoms with Crippen LogP contribution in [0.2, 0.25) is 0 Å². The summed E-state index contributed by atoms with van der Waals surface area (Å²) in [6.45, 7) is 5.44. The van der Waals surface area contributed by atoms with E-state index in [2.05, 4.69) is 0 Å². The van der Waals surface area contributed by atoms with Crippen molar-refractivity contribution in [1.82, 2.24) is 4.90 Å². The average molecular weight is 265 g/mol. The SMILES string of the molecule is C[C@H]1CN(C(=O)CSc2ccccc2)C[C@H](C)O1. The van der Waals surface area contributed by atoms with E-state index in [1.165, 1.54) is 0 Å². The number of benzene rings is 1. The number of morpholine rings is 1. The minimum Gasteiger partial charge on any atom is -0.372 e. The van der Waals surface area contributed by atoms with Crippen molar-refractivity contribution in [3.63, 3.8) is 0 Å². The number of ether oxygens (including phenoxy) is 1. The first kappa shape index (κ1) is 13.4. The summed E-state index contributed by atoms with van der Waals surface area (Å²) in [5, 5.41) is 0. The maximum Gasteiger partial charge on any atom is 0.233 e. The van der Waals surface area contributed by atoms with E-state index in [9.17, 15) is 4.79 Å². The highest BCUT2D eigenvalue weighted by Crippen LogP contribution is 2.19. The van der Waals surface area contributed by atoms with Crippen molar-refractivity contribution in [1.29, 1.82) is 0 Å². The first-order chi connectivity index (χ1) is 8.65. The molecule has 1 amide bonds. The lowest BCUT2D eigenvalue weighted by Crippen LogP contribution is -2.48. The van der Waals surface area contributed by atoms with Gasteiger partial charge in [0.25, 0.3) is 0 Å². The van der Waals surface area contributed by atoms with Crippen molar-refractivity contribution in [3.05, 3.63) is 30.3 Å². The third kappa shape index (κ3) is 3.75. The predicted octanol–water partition coefficient (Wildman–Crippen LogP) is 2.41. The fraction of sp³-hybridized carbons (Fsp3) is 0.500. The highest BCUT2D eigenvalue weighted by Gasteiger charge is 2.25. The fourth-order valence-corrected chi connectivity index (χ4v) is 2.96. The maximum absolute atomic E-state index is 12.1. The van der Waals surface area contributed by atoms with Crippen LogP contribution in [0.5, 0.6) is 0 Å². The summed E-state index contributed by atoms with van der Waals surface area (Å²) in [5.74, 6) is 0.703. The molecule has 1 aromatic carbocycles. The van der Waals surface area contributed by atoms with Gasteiger partial charge in [0.05, 0.1) is 18.0 Å². The lowest BCUT2D eigenvalue weighted by atomic mass is 10.2. The molecule has 1 heterocycles. The van der Waals surface area contributed by atoms with Crippen molar-refractivity contribution >= 4 is 17.7 Å². The number of nitrogens with zero attached hydrogens (tertiary/aromatic N) is 1. The van der Waals surface area contributed by atoms with E-state index in [4.69, 9.17) is 4.74 Å². The Bertz CT molecular complexity index is 386. The van der Waals surface area contributed by atoms with Crippen LogP contribution in [0.25, 0.3) is 0 Å². The molecule has 18 heavy (non-hydrogen) atoms. The first-order valence-electron chi connectivity index (χ1n) is 6.26. The van der Waals surface area contributed by atoms with Gasteiger partial charge >= 0.3 is 0 Å². The highest BCUT2D eigenvalue weighted by molar-refractivity contribution is 8.00. The van der Waals surface area contributed by atoms with Gasteiger partial charge in [-0.25, -0.2) is 0 Å². The molecule has 98 valence electrons. The molecule has 2 rings (SSSR count). The second-order valence-electron chi connectivity index (χ2n) is 4.66. The minimum absolute atomic E-state index is 0.138. The van der Waals surface area contributed by atoms with Gasteiger partial charge < -0.3 is 9.64 Å². The van der Waals surface area contributed by atoms with Gasteiger partial charge in [-0.3, -0.25) is 4.79 Å². The molecule has 4 heteroatoms. The zero-order valence-electron chi connectivity index (χ0n) is 10.8. The molecule has 1 saturated heterocycles. The molecule has 0 saturated carbocycles. The third-order valence-electron chi connectivity index (χ3n) is 2.88. The summed E-state index contributed by atoms with van der Waals surface area (Å²) in [4.78, 5) is 15.2. The Balaban J connectivity index is 1.84. The first-order valence-corrected chi connectivity index (χ1v) is 7.25. The number of thioether (sulfide) groups is 1. The summed E-state index contributed by atoms with van der Waals surface area (Å²) in [5.41, 5.74) is 0. The summed E-state index contributed by atoms with van der Waals surface area (Å²) in [7, 11) is 0. The molecule has 0 N–H and O–H groups in total. The lowest BCUT2D eigenvalue weighted by molar-refractivity contribution is -0.140. The van der Waals surface area contributed by atoms with Crippen LogP contribution < -0.4 is 0 Å². The number of rotatable bonds is 3. The molecule has 0 bridgehead atoms. The molecule has 1 aliphatic rings. The van der Waals surface area contributed by atoms with Gasteiger partial charge in [0.15, 0.2) is 0 Å². The molecule has 0 spiro atoms. The topological polar surface area (TPSA) is 29.5 Å². The van der Waals surface area contributed by atoms with Crippen molar-refractivity contribution < 1.29 is 9.53 Å². The lowest BCUT2D eigenvalue weighted by Gasteiger charge is -2.35. The van der Waals surface area contributed by atoms with Crippen LogP contribution in [0.4, 0.5) is 0 Å². The van der Waals surface area contributed by atoms with E-state index in [-0.39, 0.29) is 18.1 Å². The van der Waals surface area contributed by atoms with E-state index < -0.39 is 0 Å². The molecule has 1 aromatic rings. The largest absolute Gasteiger partial charge is 0.372 e.